The number of halogens is 1. The van der Waals surface area contributed by atoms with Gasteiger partial charge in [-0.2, -0.15) is 0 Å². The molecular weight excluding hydrogens is 272 g/mol. The molecule has 0 saturated carbocycles. The first-order valence-corrected chi connectivity index (χ1v) is 5.98. The Bertz CT molecular complexity index is 559. The Kier molecular flexibility index (Phi) is 3.71. The maximum atomic E-state index is 11.8. The van der Waals surface area contributed by atoms with Crippen LogP contribution in [0.5, 0.6) is 0 Å². The zero-order chi connectivity index (χ0) is 14.0. The third kappa shape index (κ3) is 3.03. The van der Waals surface area contributed by atoms with Crippen molar-refractivity contribution in [3.8, 4) is 0 Å². The molecule has 0 aromatic heterocycles. The van der Waals surface area contributed by atoms with Crippen LogP contribution in [0, 0.1) is 0 Å². The number of anilines is 1. The molecule has 0 aliphatic carbocycles. The number of amides is 2. The van der Waals surface area contributed by atoms with Crippen molar-refractivity contribution in [1.82, 2.24) is 5.32 Å². The Hall–Kier alpha value is -2.08. The van der Waals surface area contributed by atoms with Gasteiger partial charge in [-0.25, -0.2) is 4.79 Å². The molecule has 7 heteroatoms. The number of nitrogens with one attached hydrogen (secondary N) is 2. The molecule has 1 atom stereocenters. The molecule has 2 rings (SSSR count). The molecule has 0 spiro atoms. The molecule has 19 heavy (non-hydrogen) atoms. The van der Waals surface area contributed by atoms with Crippen LogP contribution in [0.3, 0.4) is 0 Å². The number of rotatable bonds is 3. The molecule has 1 fully saturated rings. The molecule has 2 amide bonds. The minimum absolute atomic E-state index is 0.0880. The summed E-state index contributed by atoms with van der Waals surface area (Å²) in [5.74, 6) is -1.71. The smallest absolute Gasteiger partial charge is 0.337 e. The Morgan fingerprint density at radius 3 is 2.74 bits per heavy atom. The number of aromatic carboxylic acids is 1. The van der Waals surface area contributed by atoms with Gasteiger partial charge in [0.1, 0.15) is 6.04 Å². The number of benzene rings is 1. The second-order valence-electron chi connectivity index (χ2n) is 4.15. The van der Waals surface area contributed by atoms with Crippen molar-refractivity contribution in [3.63, 3.8) is 0 Å². The predicted molar refractivity (Wildman–Crippen MR) is 68.2 cm³/mol. The molecule has 0 bridgehead atoms. The molecule has 1 heterocycles. The largest absolute Gasteiger partial charge is 0.478 e. The lowest BCUT2D eigenvalue weighted by Crippen LogP contribution is -2.37. The van der Waals surface area contributed by atoms with Gasteiger partial charge < -0.3 is 15.7 Å². The summed E-state index contributed by atoms with van der Waals surface area (Å²) in [5, 5.41) is 14.1. The minimum atomic E-state index is -1.17. The van der Waals surface area contributed by atoms with Crippen LogP contribution in [-0.2, 0) is 9.59 Å². The fraction of sp³-hybridized carbons (Fsp3) is 0.250. The topological polar surface area (TPSA) is 95.5 Å². The van der Waals surface area contributed by atoms with Crippen molar-refractivity contribution in [2.75, 3.05) is 5.32 Å². The SMILES string of the molecule is O=C1CC[C@@H](C(=O)Nc2ccc(Cl)c(C(=O)O)c2)N1. The molecule has 0 radical (unpaired) electrons. The van der Waals surface area contributed by atoms with Crippen LogP contribution in [0.1, 0.15) is 23.2 Å². The third-order valence-electron chi connectivity index (χ3n) is 2.78. The van der Waals surface area contributed by atoms with Crippen molar-refractivity contribution in [2.24, 2.45) is 0 Å². The summed E-state index contributed by atoms with van der Waals surface area (Å²) < 4.78 is 0. The summed E-state index contributed by atoms with van der Waals surface area (Å²) in [5.41, 5.74) is 0.239. The Morgan fingerprint density at radius 2 is 2.16 bits per heavy atom. The second-order valence-corrected chi connectivity index (χ2v) is 4.56. The summed E-state index contributed by atoms with van der Waals surface area (Å²) in [4.78, 5) is 33.7. The molecule has 0 unspecified atom stereocenters. The highest BCUT2D eigenvalue weighted by Crippen LogP contribution is 2.21. The number of hydrogen-bond donors (Lipinski definition) is 3. The molecule has 100 valence electrons. The van der Waals surface area contributed by atoms with Gasteiger partial charge in [-0.1, -0.05) is 11.6 Å². The molecule has 1 aliphatic heterocycles. The summed E-state index contributed by atoms with van der Waals surface area (Å²) >= 11 is 5.72. The van der Waals surface area contributed by atoms with Gasteiger partial charge in [0.25, 0.3) is 0 Å². The van der Waals surface area contributed by atoms with E-state index in [0.29, 0.717) is 18.5 Å². The van der Waals surface area contributed by atoms with Crippen LogP contribution < -0.4 is 10.6 Å². The van der Waals surface area contributed by atoms with E-state index in [0.717, 1.165) is 0 Å². The molecular formula is C12H11ClN2O4. The van der Waals surface area contributed by atoms with E-state index in [1.165, 1.54) is 18.2 Å². The monoisotopic (exact) mass is 282 g/mol. The van der Waals surface area contributed by atoms with E-state index in [-0.39, 0.29) is 22.4 Å². The molecule has 1 aliphatic rings. The summed E-state index contributed by atoms with van der Waals surface area (Å²) in [7, 11) is 0. The molecule has 1 saturated heterocycles. The average molecular weight is 283 g/mol. The van der Waals surface area contributed by atoms with Gasteiger partial charge in [-0.05, 0) is 24.6 Å². The van der Waals surface area contributed by atoms with Gasteiger partial charge >= 0.3 is 5.97 Å². The minimum Gasteiger partial charge on any atom is -0.478 e. The molecule has 3 N–H and O–H groups in total. The van der Waals surface area contributed by atoms with Crippen LogP contribution in [-0.4, -0.2) is 28.9 Å². The first-order valence-electron chi connectivity index (χ1n) is 5.60. The van der Waals surface area contributed by atoms with E-state index in [2.05, 4.69) is 10.6 Å². The number of carbonyl (C=O) groups is 3. The normalized spacial score (nSPS) is 17.9. The quantitative estimate of drug-likeness (QED) is 0.777. The van der Waals surface area contributed by atoms with E-state index < -0.39 is 12.0 Å². The van der Waals surface area contributed by atoms with E-state index in [1.54, 1.807) is 0 Å². The fourth-order valence-electron chi connectivity index (χ4n) is 1.81. The van der Waals surface area contributed by atoms with E-state index >= 15 is 0 Å². The van der Waals surface area contributed by atoms with E-state index in [9.17, 15) is 14.4 Å². The third-order valence-corrected chi connectivity index (χ3v) is 3.11. The van der Waals surface area contributed by atoms with Crippen molar-refractivity contribution in [2.45, 2.75) is 18.9 Å². The Morgan fingerprint density at radius 1 is 1.42 bits per heavy atom. The van der Waals surface area contributed by atoms with Gasteiger partial charge in [0.2, 0.25) is 11.8 Å². The van der Waals surface area contributed by atoms with Crippen molar-refractivity contribution < 1.29 is 19.5 Å². The highest BCUT2D eigenvalue weighted by atomic mass is 35.5. The van der Waals surface area contributed by atoms with Crippen molar-refractivity contribution >= 4 is 35.1 Å². The van der Waals surface area contributed by atoms with Crippen LogP contribution in [0.4, 0.5) is 5.69 Å². The summed E-state index contributed by atoms with van der Waals surface area (Å²) in [6.45, 7) is 0. The molecule has 1 aromatic carbocycles. The number of hydrogen-bond acceptors (Lipinski definition) is 3. The van der Waals surface area contributed by atoms with Gasteiger partial charge in [-0.3, -0.25) is 9.59 Å². The lowest BCUT2D eigenvalue weighted by atomic mass is 10.1. The van der Waals surface area contributed by atoms with Gasteiger partial charge in [0.15, 0.2) is 0 Å². The van der Waals surface area contributed by atoms with Gasteiger partial charge in [0.05, 0.1) is 10.6 Å². The zero-order valence-electron chi connectivity index (χ0n) is 9.77. The molecule has 1 aromatic rings. The number of carbonyl (C=O) groups excluding carboxylic acids is 2. The van der Waals surface area contributed by atoms with Crippen LogP contribution in [0.25, 0.3) is 0 Å². The highest BCUT2D eigenvalue weighted by molar-refractivity contribution is 6.33. The van der Waals surface area contributed by atoms with Crippen LogP contribution >= 0.6 is 11.6 Å². The van der Waals surface area contributed by atoms with Crippen LogP contribution in [0.15, 0.2) is 18.2 Å². The van der Waals surface area contributed by atoms with Crippen LogP contribution in [0.2, 0.25) is 5.02 Å². The number of carboxylic acids is 1. The lowest BCUT2D eigenvalue weighted by molar-refractivity contribution is -0.122. The predicted octanol–water partition coefficient (Wildman–Crippen LogP) is 1.26. The second kappa shape index (κ2) is 5.27. The first kappa shape index (κ1) is 13.4. The summed E-state index contributed by atoms with van der Waals surface area (Å²) in [6, 6.07) is 3.60. The maximum Gasteiger partial charge on any atom is 0.337 e. The van der Waals surface area contributed by atoms with Crippen molar-refractivity contribution in [3.05, 3.63) is 28.8 Å². The van der Waals surface area contributed by atoms with E-state index in [4.69, 9.17) is 16.7 Å². The number of carboxylic acid groups (broad SMARTS) is 1. The standard InChI is InChI=1S/C12H11ClN2O4/c13-8-2-1-6(5-7(8)12(18)19)14-11(17)9-3-4-10(16)15-9/h1-2,5,9H,3-4H2,(H,14,17)(H,15,16)(H,18,19)/t9-/m0/s1. The van der Waals surface area contributed by atoms with Crippen molar-refractivity contribution in [1.29, 1.82) is 0 Å². The summed E-state index contributed by atoms with van der Waals surface area (Å²) in [6.07, 6.45) is 0.753. The molecule has 6 nitrogen and oxygen atoms in total. The first-order chi connectivity index (χ1) is 8.97. The average Bonchev–Trinajstić information content (AvgIpc) is 2.78. The lowest BCUT2D eigenvalue weighted by Gasteiger charge is -2.11. The van der Waals surface area contributed by atoms with Gasteiger partial charge in [0, 0.05) is 12.1 Å². The highest BCUT2D eigenvalue weighted by Gasteiger charge is 2.27. The fourth-order valence-corrected chi connectivity index (χ4v) is 2.01. The maximum absolute atomic E-state index is 11.8. The van der Waals surface area contributed by atoms with E-state index in [1.807, 2.05) is 0 Å². The Labute approximate surface area is 113 Å². The zero-order valence-corrected chi connectivity index (χ0v) is 10.5. The Balaban J connectivity index is 2.11. The van der Waals surface area contributed by atoms with Gasteiger partial charge in [-0.15, -0.1) is 0 Å².